The minimum Gasteiger partial charge on any atom is -0.507 e. The number of hydrogen-bond donors (Lipinski definition) is 2. The van der Waals surface area contributed by atoms with Crippen molar-refractivity contribution < 1.29 is 19.7 Å². The summed E-state index contributed by atoms with van der Waals surface area (Å²) in [5, 5.41) is 21.9. The Hall–Kier alpha value is -2.49. The Kier molecular flexibility index (Phi) is 9.61. The van der Waals surface area contributed by atoms with E-state index in [4.69, 9.17) is 4.74 Å². The van der Waals surface area contributed by atoms with Crippen LogP contribution >= 0.6 is 0 Å². The summed E-state index contributed by atoms with van der Waals surface area (Å²) in [6, 6.07) is 1.52. The second-order valence-electron chi connectivity index (χ2n) is 10.9. The molecule has 1 atom stereocenters. The molecule has 0 aliphatic heterocycles. The molecule has 0 saturated carbocycles. The fraction of sp³-hybridized carbons (Fsp3) is 0.567. The van der Waals surface area contributed by atoms with Crippen LogP contribution in [0.3, 0.4) is 0 Å². The van der Waals surface area contributed by atoms with Crippen LogP contribution in [0.15, 0.2) is 41.0 Å². The molecular weight excluding hydrogens is 424 g/mol. The smallest absolute Gasteiger partial charge is 0.172 e. The third kappa shape index (κ3) is 7.25. The first-order valence-electron chi connectivity index (χ1n) is 12.6. The number of Topliss-reactive ketones (excluding diaryl/α,β-unsaturated/α-hetero) is 1. The normalized spacial score (nSPS) is 16.9. The van der Waals surface area contributed by atoms with Crippen molar-refractivity contribution in [2.24, 2.45) is 11.8 Å². The Labute approximate surface area is 206 Å². The molecule has 1 aliphatic rings. The summed E-state index contributed by atoms with van der Waals surface area (Å²) < 4.78 is 6.51. The fourth-order valence-electron chi connectivity index (χ4n) is 4.42. The van der Waals surface area contributed by atoms with Crippen LogP contribution < -0.4 is 4.74 Å². The van der Waals surface area contributed by atoms with E-state index in [0.29, 0.717) is 23.7 Å². The van der Waals surface area contributed by atoms with Gasteiger partial charge in [-0.2, -0.15) is 0 Å². The van der Waals surface area contributed by atoms with Crippen LogP contribution in [0, 0.1) is 11.8 Å². The van der Waals surface area contributed by atoms with Gasteiger partial charge in [-0.3, -0.25) is 4.79 Å². The monoisotopic (exact) mass is 468 g/mol. The van der Waals surface area contributed by atoms with E-state index in [1.807, 2.05) is 0 Å². The zero-order valence-electron chi connectivity index (χ0n) is 22.4. The number of phenolic OH excluding ortho intramolecular Hbond substituents is 2. The average molecular weight is 469 g/mol. The van der Waals surface area contributed by atoms with Crippen molar-refractivity contribution in [2.75, 3.05) is 0 Å². The third-order valence-electron chi connectivity index (χ3n) is 6.85. The van der Waals surface area contributed by atoms with Crippen LogP contribution in [0.5, 0.6) is 17.2 Å². The molecule has 0 saturated heterocycles. The van der Waals surface area contributed by atoms with Crippen molar-refractivity contribution in [2.45, 2.75) is 99.5 Å². The largest absolute Gasteiger partial charge is 0.507 e. The zero-order chi connectivity index (χ0) is 25.6. The minimum atomic E-state index is -0.489. The maximum Gasteiger partial charge on any atom is 0.172 e. The van der Waals surface area contributed by atoms with Crippen LogP contribution in [-0.4, -0.2) is 21.6 Å². The van der Waals surface area contributed by atoms with Gasteiger partial charge < -0.3 is 14.9 Å². The van der Waals surface area contributed by atoms with Crippen LogP contribution in [0.25, 0.3) is 0 Å². The Bertz CT molecular complexity index is 972. The summed E-state index contributed by atoms with van der Waals surface area (Å²) >= 11 is 0. The van der Waals surface area contributed by atoms with Crippen LogP contribution in [0.2, 0.25) is 0 Å². The van der Waals surface area contributed by atoms with E-state index >= 15 is 0 Å². The van der Waals surface area contributed by atoms with E-state index in [9.17, 15) is 15.0 Å². The van der Waals surface area contributed by atoms with Gasteiger partial charge in [0, 0.05) is 23.5 Å². The fourth-order valence-corrected chi connectivity index (χ4v) is 4.42. The Morgan fingerprint density at radius 2 is 1.88 bits per heavy atom. The summed E-state index contributed by atoms with van der Waals surface area (Å²) in [4.78, 5) is 12.8. The van der Waals surface area contributed by atoms with Crippen molar-refractivity contribution >= 4 is 5.78 Å². The molecule has 188 valence electrons. The molecule has 4 heteroatoms. The number of carbonyl (C=O) groups excluding carboxylic acids is 1. The second kappa shape index (κ2) is 11.8. The highest BCUT2D eigenvalue weighted by Crippen LogP contribution is 2.43. The van der Waals surface area contributed by atoms with E-state index in [1.165, 1.54) is 22.8 Å². The SMILES string of the molecule is CC(C)=CCC/C(C)=C/Cc1c(OC(C)(C)C2CC=C(C)CC2)cc(O)c(C(=O)C(C)C)c1O. The molecule has 2 rings (SSSR count). The van der Waals surface area contributed by atoms with E-state index in [1.54, 1.807) is 13.8 Å². The average Bonchev–Trinajstić information content (AvgIpc) is 2.72. The highest BCUT2D eigenvalue weighted by molar-refractivity contribution is 6.03. The molecule has 0 fully saturated rings. The van der Waals surface area contributed by atoms with E-state index in [2.05, 4.69) is 59.8 Å². The van der Waals surface area contributed by atoms with Crippen molar-refractivity contribution in [3.63, 3.8) is 0 Å². The Morgan fingerprint density at radius 3 is 2.44 bits per heavy atom. The number of rotatable bonds is 10. The molecule has 0 spiro atoms. The Morgan fingerprint density at radius 1 is 1.21 bits per heavy atom. The number of ether oxygens (including phenoxy) is 1. The molecule has 1 aromatic rings. The maximum atomic E-state index is 12.8. The standard InChI is InChI=1S/C30H44O4/c1-19(2)10-9-11-21(5)14-17-24-26(18-25(31)27(29(24)33)28(32)20(3)4)34-30(7,8)23-15-12-22(6)13-16-23/h10,12,14,18,20,23,31,33H,9,11,13,15-17H2,1-8H3/b21-14+. The van der Waals surface area contributed by atoms with Gasteiger partial charge in [-0.15, -0.1) is 0 Å². The molecule has 1 aromatic carbocycles. The van der Waals surface area contributed by atoms with Gasteiger partial charge in [0.2, 0.25) is 0 Å². The van der Waals surface area contributed by atoms with Gasteiger partial charge >= 0.3 is 0 Å². The third-order valence-corrected chi connectivity index (χ3v) is 6.85. The van der Waals surface area contributed by atoms with E-state index in [0.717, 1.165) is 32.1 Å². The Balaban J connectivity index is 2.44. The first kappa shape index (κ1) is 27.8. The zero-order valence-corrected chi connectivity index (χ0v) is 22.4. The molecule has 0 aromatic heterocycles. The quantitative estimate of drug-likeness (QED) is 0.269. The summed E-state index contributed by atoms with van der Waals surface area (Å²) in [5.74, 6) is -0.246. The number of allylic oxidation sites excluding steroid dienone is 6. The molecule has 0 bridgehead atoms. The van der Waals surface area contributed by atoms with Crippen molar-refractivity contribution in [3.05, 3.63) is 52.1 Å². The number of aromatic hydroxyl groups is 2. The lowest BCUT2D eigenvalue weighted by atomic mass is 9.79. The van der Waals surface area contributed by atoms with Crippen LogP contribution in [0.1, 0.15) is 103 Å². The molecule has 1 aliphatic carbocycles. The van der Waals surface area contributed by atoms with E-state index < -0.39 is 5.60 Å². The molecule has 34 heavy (non-hydrogen) atoms. The van der Waals surface area contributed by atoms with E-state index in [-0.39, 0.29) is 28.8 Å². The predicted molar refractivity (Wildman–Crippen MR) is 141 cm³/mol. The molecule has 0 amide bonds. The van der Waals surface area contributed by atoms with Crippen molar-refractivity contribution in [3.8, 4) is 17.2 Å². The molecule has 0 radical (unpaired) electrons. The van der Waals surface area contributed by atoms with Gasteiger partial charge in [0.1, 0.15) is 28.4 Å². The van der Waals surface area contributed by atoms with Gasteiger partial charge in [0.25, 0.3) is 0 Å². The highest BCUT2D eigenvalue weighted by atomic mass is 16.5. The number of benzene rings is 1. The van der Waals surface area contributed by atoms with Crippen molar-refractivity contribution in [1.29, 1.82) is 0 Å². The van der Waals surface area contributed by atoms with Crippen LogP contribution in [-0.2, 0) is 6.42 Å². The predicted octanol–water partition coefficient (Wildman–Crippen LogP) is 8.08. The van der Waals surface area contributed by atoms with Gasteiger partial charge in [0.05, 0.1) is 0 Å². The van der Waals surface area contributed by atoms with Crippen molar-refractivity contribution in [1.82, 2.24) is 0 Å². The number of ketones is 1. The summed E-state index contributed by atoms with van der Waals surface area (Å²) in [6.45, 7) is 16.1. The van der Waals surface area contributed by atoms with Gasteiger partial charge in [-0.05, 0) is 80.1 Å². The van der Waals surface area contributed by atoms with Gasteiger partial charge in [-0.1, -0.05) is 48.8 Å². The maximum absolute atomic E-state index is 12.8. The minimum absolute atomic E-state index is 0.0121. The summed E-state index contributed by atoms with van der Waals surface area (Å²) in [5.41, 5.74) is 3.97. The van der Waals surface area contributed by atoms with Crippen LogP contribution in [0.4, 0.5) is 0 Å². The topological polar surface area (TPSA) is 66.8 Å². The summed E-state index contributed by atoms with van der Waals surface area (Å²) in [7, 11) is 0. The number of phenols is 2. The lowest BCUT2D eigenvalue weighted by molar-refractivity contribution is 0.0371. The molecular formula is C30H44O4. The second-order valence-corrected chi connectivity index (χ2v) is 10.9. The first-order valence-corrected chi connectivity index (χ1v) is 12.6. The van der Waals surface area contributed by atoms with Gasteiger partial charge in [-0.25, -0.2) is 0 Å². The molecule has 4 nitrogen and oxygen atoms in total. The summed E-state index contributed by atoms with van der Waals surface area (Å²) in [6.07, 6.45) is 11.9. The molecule has 0 heterocycles. The first-order chi connectivity index (χ1) is 15.8. The molecule has 1 unspecified atom stereocenters. The lowest BCUT2D eigenvalue weighted by Gasteiger charge is -2.37. The lowest BCUT2D eigenvalue weighted by Crippen LogP contribution is -2.38. The number of hydrogen-bond acceptors (Lipinski definition) is 4. The molecule has 2 N–H and O–H groups in total. The van der Waals surface area contributed by atoms with Gasteiger partial charge in [0.15, 0.2) is 5.78 Å². The number of carbonyl (C=O) groups is 1. The highest BCUT2D eigenvalue weighted by Gasteiger charge is 2.34.